The van der Waals surface area contributed by atoms with E-state index in [4.69, 9.17) is 4.74 Å². The first-order valence-electron chi connectivity index (χ1n) is 8.10. The minimum atomic E-state index is -0.339. The Labute approximate surface area is 142 Å². The molecule has 4 nitrogen and oxygen atoms in total. The minimum Gasteiger partial charge on any atom is -0.465 e. The van der Waals surface area contributed by atoms with Crippen LogP contribution in [-0.2, 0) is 10.2 Å². The van der Waals surface area contributed by atoms with Crippen molar-refractivity contribution in [3.8, 4) is 0 Å². The maximum absolute atomic E-state index is 11.4. The number of methoxy groups -OCH3 is 1. The highest BCUT2D eigenvalue weighted by molar-refractivity contribution is 5.90. The van der Waals surface area contributed by atoms with Crippen LogP contribution >= 0.6 is 0 Å². The van der Waals surface area contributed by atoms with Crippen LogP contribution in [0.5, 0.6) is 0 Å². The van der Waals surface area contributed by atoms with E-state index in [0.717, 1.165) is 24.2 Å². The lowest BCUT2D eigenvalue weighted by atomic mass is 9.78. The second kappa shape index (κ2) is 6.48. The number of nitrogens with zero attached hydrogens (tertiary/aromatic N) is 1. The molecule has 2 aromatic carbocycles. The van der Waals surface area contributed by atoms with Gasteiger partial charge in [-0.05, 0) is 53.3 Å². The zero-order chi connectivity index (χ0) is 17.2. The number of nitrogens with one attached hydrogen (secondary N) is 1. The molecule has 0 amide bonds. The lowest BCUT2D eigenvalue weighted by Crippen LogP contribution is -2.28. The quantitative estimate of drug-likeness (QED) is 0.676. The lowest BCUT2D eigenvalue weighted by molar-refractivity contribution is 0.0601. The van der Waals surface area contributed by atoms with E-state index in [0.29, 0.717) is 5.56 Å². The highest BCUT2D eigenvalue weighted by Crippen LogP contribution is 2.36. The van der Waals surface area contributed by atoms with E-state index in [1.807, 2.05) is 18.3 Å². The van der Waals surface area contributed by atoms with Crippen LogP contribution in [0, 0.1) is 0 Å². The Morgan fingerprint density at radius 2 is 1.96 bits per heavy atom. The highest BCUT2D eigenvalue weighted by Gasteiger charge is 2.26. The summed E-state index contributed by atoms with van der Waals surface area (Å²) in [5.74, 6) is -0.339. The van der Waals surface area contributed by atoms with Gasteiger partial charge in [-0.25, -0.2) is 4.79 Å². The summed E-state index contributed by atoms with van der Waals surface area (Å²) in [6.07, 6.45) is 2.98. The molecule has 0 fully saturated rings. The van der Waals surface area contributed by atoms with Crippen molar-refractivity contribution in [3.05, 3.63) is 59.2 Å². The summed E-state index contributed by atoms with van der Waals surface area (Å²) in [5.41, 5.74) is 5.13. The summed E-state index contributed by atoms with van der Waals surface area (Å²) in [6, 6.07) is 13.5. The number of hydrogen-bond acceptors (Lipinski definition) is 4. The molecule has 1 aliphatic rings. The van der Waals surface area contributed by atoms with Gasteiger partial charge in [-0.2, -0.15) is 0 Å². The standard InChI is InChI=1S/C20H22N2O2/c1-20(2)10-11-21-18-12-14(4-9-17(18)20)13-22-16-7-5-15(6-8-16)19(23)24-3/h4-9,12-13,21H,10-11H2,1-3H3. The molecule has 4 heteroatoms. The summed E-state index contributed by atoms with van der Waals surface area (Å²) in [4.78, 5) is 15.9. The van der Waals surface area contributed by atoms with Crippen LogP contribution in [0.2, 0.25) is 0 Å². The average molecular weight is 322 g/mol. The number of hydrogen-bond donors (Lipinski definition) is 1. The fourth-order valence-corrected chi connectivity index (χ4v) is 2.97. The van der Waals surface area contributed by atoms with Crippen molar-refractivity contribution in [3.63, 3.8) is 0 Å². The third-order valence-electron chi connectivity index (χ3n) is 4.49. The number of carbonyl (C=O) groups is 1. The fraction of sp³-hybridized carbons (Fsp3) is 0.300. The first kappa shape index (κ1) is 16.2. The van der Waals surface area contributed by atoms with E-state index in [2.05, 4.69) is 42.4 Å². The molecule has 24 heavy (non-hydrogen) atoms. The van der Waals surface area contributed by atoms with Crippen LogP contribution in [0.25, 0.3) is 0 Å². The van der Waals surface area contributed by atoms with Gasteiger partial charge in [0.05, 0.1) is 18.4 Å². The summed E-state index contributed by atoms with van der Waals surface area (Å²) in [5, 5.41) is 3.47. The van der Waals surface area contributed by atoms with Crippen LogP contribution < -0.4 is 5.32 Å². The number of benzene rings is 2. The van der Waals surface area contributed by atoms with Gasteiger partial charge < -0.3 is 10.1 Å². The molecule has 0 bridgehead atoms. The van der Waals surface area contributed by atoms with E-state index in [9.17, 15) is 4.79 Å². The van der Waals surface area contributed by atoms with Gasteiger partial charge in [0.1, 0.15) is 0 Å². The second-order valence-corrected chi connectivity index (χ2v) is 6.66. The molecule has 2 aromatic rings. The number of rotatable bonds is 3. The lowest BCUT2D eigenvalue weighted by Gasteiger charge is -2.33. The average Bonchev–Trinajstić information content (AvgIpc) is 2.59. The third kappa shape index (κ3) is 3.32. The Bertz CT molecular complexity index is 777. The number of ether oxygens (including phenoxy) is 1. The summed E-state index contributed by atoms with van der Waals surface area (Å²) in [6.45, 7) is 5.56. The Hall–Kier alpha value is -2.62. The van der Waals surface area contributed by atoms with Crippen molar-refractivity contribution >= 4 is 23.6 Å². The molecular formula is C20H22N2O2. The smallest absolute Gasteiger partial charge is 0.337 e. The zero-order valence-electron chi connectivity index (χ0n) is 14.3. The second-order valence-electron chi connectivity index (χ2n) is 6.66. The predicted molar refractivity (Wildman–Crippen MR) is 97.6 cm³/mol. The molecule has 3 rings (SSSR count). The van der Waals surface area contributed by atoms with E-state index in [1.165, 1.54) is 18.4 Å². The summed E-state index contributed by atoms with van der Waals surface area (Å²) < 4.78 is 4.69. The molecule has 0 unspecified atom stereocenters. The van der Waals surface area contributed by atoms with Gasteiger partial charge in [0, 0.05) is 18.4 Å². The zero-order valence-corrected chi connectivity index (χ0v) is 14.3. The van der Waals surface area contributed by atoms with Gasteiger partial charge in [0.25, 0.3) is 0 Å². The predicted octanol–water partition coefficient (Wildman–Crippen LogP) is 4.32. The Morgan fingerprint density at radius 3 is 2.67 bits per heavy atom. The minimum absolute atomic E-state index is 0.208. The van der Waals surface area contributed by atoms with E-state index in [1.54, 1.807) is 12.1 Å². The van der Waals surface area contributed by atoms with Crippen LogP contribution in [0.1, 0.15) is 41.8 Å². The Morgan fingerprint density at radius 1 is 1.21 bits per heavy atom. The maximum Gasteiger partial charge on any atom is 0.337 e. The summed E-state index contributed by atoms with van der Waals surface area (Å²) >= 11 is 0. The third-order valence-corrected chi connectivity index (χ3v) is 4.49. The molecule has 0 aromatic heterocycles. The number of aliphatic imine (C=N–C) groups is 1. The van der Waals surface area contributed by atoms with Gasteiger partial charge in [-0.1, -0.05) is 26.0 Å². The molecule has 0 saturated heterocycles. The van der Waals surface area contributed by atoms with Crippen molar-refractivity contribution in [1.82, 2.24) is 0 Å². The van der Waals surface area contributed by atoms with Crippen molar-refractivity contribution < 1.29 is 9.53 Å². The van der Waals surface area contributed by atoms with Crippen LogP contribution in [-0.4, -0.2) is 25.8 Å². The normalized spacial score (nSPS) is 15.6. The maximum atomic E-state index is 11.4. The van der Waals surface area contributed by atoms with Gasteiger partial charge in [0.2, 0.25) is 0 Å². The molecule has 1 aliphatic heterocycles. The van der Waals surface area contributed by atoms with Crippen molar-refractivity contribution in [1.29, 1.82) is 0 Å². The van der Waals surface area contributed by atoms with E-state index >= 15 is 0 Å². The van der Waals surface area contributed by atoms with Gasteiger partial charge in [0.15, 0.2) is 0 Å². The molecule has 0 saturated carbocycles. The van der Waals surface area contributed by atoms with Gasteiger partial charge in [-0.15, -0.1) is 0 Å². The highest BCUT2D eigenvalue weighted by atomic mass is 16.5. The van der Waals surface area contributed by atoms with Crippen molar-refractivity contribution in [2.45, 2.75) is 25.7 Å². The molecule has 0 radical (unpaired) electrons. The molecule has 124 valence electrons. The van der Waals surface area contributed by atoms with Crippen LogP contribution in [0.15, 0.2) is 47.5 Å². The van der Waals surface area contributed by atoms with Crippen LogP contribution in [0.3, 0.4) is 0 Å². The van der Waals surface area contributed by atoms with Crippen molar-refractivity contribution in [2.24, 2.45) is 4.99 Å². The summed E-state index contributed by atoms with van der Waals surface area (Å²) in [7, 11) is 1.37. The molecule has 0 aliphatic carbocycles. The van der Waals surface area contributed by atoms with Gasteiger partial charge in [-0.3, -0.25) is 4.99 Å². The van der Waals surface area contributed by atoms with Crippen LogP contribution in [0.4, 0.5) is 11.4 Å². The number of esters is 1. The number of fused-ring (bicyclic) bond motifs is 1. The van der Waals surface area contributed by atoms with Crippen molar-refractivity contribution in [2.75, 3.05) is 19.0 Å². The molecule has 0 atom stereocenters. The number of anilines is 1. The van der Waals surface area contributed by atoms with E-state index < -0.39 is 0 Å². The SMILES string of the molecule is COC(=O)c1ccc(N=Cc2ccc3c(c2)NCCC3(C)C)cc1. The molecule has 1 N–H and O–H groups in total. The number of carbonyl (C=O) groups excluding carboxylic acids is 1. The monoisotopic (exact) mass is 322 g/mol. The largest absolute Gasteiger partial charge is 0.465 e. The van der Waals surface area contributed by atoms with Gasteiger partial charge >= 0.3 is 5.97 Å². The molecule has 1 heterocycles. The molecule has 0 spiro atoms. The first-order valence-corrected chi connectivity index (χ1v) is 8.10. The molecular weight excluding hydrogens is 300 g/mol. The Balaban J connectivity index is 1.79. The first-order chi connectivity index (χ1) is 11.5. The fourth-order valence-electron chi connectivity index (χ4n) is 2.97. The Kier molecular flexibility index (Phi) is 4.38. The topological polar surface area (TPSA) is 50.7 Å². The van der Waals surface area contributed by atoms with E-state index in [-0.39, 0.29) is 11.4 Å².